The van der Waals surface area contributed by atoms with Crippen LogP contribution in [0, 0.1) is 11.3 Å². The molecule has 17 heavy (non-hydrogen) atoms. The number of nitrogens with two attached hydrogens (primary N) is 1. The Morgan fingerprint density at radius 1 is 1.41 bits per heavy atom. The number of phenolic OH excluding ortho intramolecular Hbond substituents is 1. The predicted octanol–water partition coefficient (Wildman–Crippen LogP) is 2.15. The van der Waals surface area contributed by atoms with E-state index in [1.807, 2.05) is 12.1 Å². The van der Waals surface area contributed by atoms with Crippen LogP contribution in [0.4, 0.5) is 5.69 Å². The van der Waals surface area contributed by atoms with Crippen molar-refractivity contribution in [3.63, 3.8) is 0 Å². The minimum atomic E-state index is -0.425. The van der Waals surface area contributed by atoms with Gasteiger partial charge in [-0.25, -0.2) is 0 Å². The van der Waals surface area contributed by atoms with Gasteiger partial charge in [0.25, 0.3) is 0 Å². The topological polar surface area (TPSA) is 73.3 Å². The van der Waals surface area contributed by atoms with Crippen LogP contribution in [-0.2, 0) is 0 Å². The van der Waals surface area contributed by atoms with Gasteiger partial charge < -0.3 is 15.7 Å². The average molecular weight is 233 g/mol. The first kappa shape index (κ1) is 13.3. The van der Waals surface area contributed by atoms with Crippen LogP contribution >= 0.6 is 0 Å². The van der Waals surface area contributed by atoms with E-state index in [9.17, 15) is 5.11 Å². The van der Waals surface area contributed by atoms with E-state index in [0.29, 0.717) is 5.56 Å². The van der Waals surface area contributed by atoms with E-state index in [2.05, 4.69) is 18.7 Å². The number of phenols is 1. The van der Waals surface area contributed by atoms with Crippen LogP contribution in [0.5, 0.6) is 5.75 Å². The maximum absolute atomic E-state index is 9.91. The van der Waals surface area contributed by atoms with Crippen molar-refractivity contribution < 1.29 is 5.11 Å². The Kier molecular flexibility index (Phi) is 4.80. The molecule has 0 heterocycles. The highest BCUT2D eigenvalue weighted by Crippen LogP contribution is 2.29. The first-order valence-electron chi connectivity index (χ1n) is 5.84. The molecule has 3 N–H and O–H groups in total. The van der Waals surface area contributed by atoms with Gasteiger partial charge in [0.2, 0.25) is 0 Å². The van der Waals surface area contributed by atoms with E-state index >= 15 is 0 Å². The second-order valence-corrected chi connectivity index (χ2v) is 3.88. The number of aromatic hydroxyl groups is 1. The van der Waals surface area contributed by atoms with Crippen LogP contribution in [0.1, 0.15) is 31.9 Å². The fraction of sp³-hybridized carbons (Fsp3) is 0.462. The highest BCUT2D eigenvalue weighted by atomic mass is 16.3. The van der Waals surface area contributed by atoms with Crippen molar-refractivity contribution in [3.05, 3.63) is 23.8 Å². The number of hydrogen-bond acceptors (Lipinski definition) is 4. The second kappa shape index (κ2) is 6.12. The summed E-state index contributed by atoms with van der Waals surface area (Å²) in [5, 5.41) is 18.5. The zero-order valence-electron chi connectivity index (χ0n) is 10.3. The van der Waals surface area contributed by atoms with Crippen LogP contribution in [0.3, 0.4) is 0 Å². The number of nitriles is 1. The third-order valence-corrected chi connectivity index (χ3v) is 2.85. The second-order valence-electron chi connectivity index (χ2n) is 3.88. The maximum atomic E-state index is 9.91. The van der Waals surface area contributed by atoms with E-state index < -0.39 is 6.04 Å². The Morgan fingerprint density at radius 2 is 2.06 bits per heavy atom. The summed E-state index contributed by atoms with van der Waals surface area (Å²) >= 11 is 0. The van der Waals surface area contributed by atoms with Crippen molar-refractivity contribution in [2.24, 2.45) is 5.73 Å². The lowest BCUT2D eigenvalue weighted by molar-refractivity contribution is 0.462. The van der Waals surface area contributed by atoms with Gasteiger partial charge >= 0.3 is 0 Å². The third-order valence-electron chi connectivity index (χ3n) is 2.85. The molecule has 0 aliphatic carbocycles. The molecule has 0 bridgehead atoms. The Labute approximate surface area is 102 Å². The van der Waals surface area contributed by atoms with Gasteiger partial charge in [-0.05, 0) is 19.9 Å². The zero-order valence-corrected chi connectivity index (χ0v) is 10.3. The molecule has 92 valence electrons. The van der Waals surface area contributed by atoms with E-state index in [1.54, 1.807) is 12.1 Å². The summed E-state index contributed by atoms with van der Waals surface area (Å²) in [6, 6.07) is 7.02. The lowest BCUT2D eigenvalue weighted by atomic mass is 10.0. The van der Waals surface area contributed by atoms with Crippen molar-refractivity contribution in [1.29, 1.82) is 5.26 Å². The van der Waals surface area contributed by atoms with Crippen molar-refractivity contribution in [2.75, 3.05) is 18.0 Å². The van der Waals surface area contributed by atoms with Gasteiger partial charge in [0.15, 0.2) is 0 Å². The molecule has 4 nitrogen and oxygen atoms in total. The SMILES string of the molecule is CCN(CC)c1ccc([C@@H](N)CC#N)c(O)c1. The van der Waals surface area contributed by atoms with Crippen molar-refractivity contribution in [3.8, 4) is 11.8 Å². The van der Waals surface area contributed by atoms with Crippen LogP contribution < -0.4 is 10.6 Å². The molecule has 0 spiro atoms. The Balaban J connectivity index is 2.97. The van der Waals surface area contributed by atoms with E-state index in [1.165, 1.54) is 0 Å². The summed E-state index contributed by atoms with van der Waals surface area (Å²) in [6.07, 6.45) is 0.207. The number of anilines is 1. The molecule has 1 aromatic rings. The molecular formula is C13H19N3O. The van der Waals surface area contributed by atoms with Crippen molar-refractivity contribution >= 4 is 5.69 Å². The van der Waals surface area contributed by atoms with E-state index in [-0.39, 0.29) is 12.2 Å². The third kappa shape index (κ3) is 3.11. The van der Waals surface area contributed by atoms with Crippen LogP contribution in [-0.4, -0.2) is 18.2 Å². The van der Waals surface area contributed by atoms with Crippen LogP contribution in [0.15, 0.2) is 18.2 Å². The van der Waals surface area contributed by atoms with Crippen molar-refractivity contribution in [1.82, 2.24) is 0 Å². The van der Waals surface area contributed by atoms with Crippen molar-refractivity contribution in [2.45, 2.75) is 26.3 Å². The molecule has 0 radical (unpaired) electrons. The molecule has 0 aliphatic rings. The minimum Gasteiger partial charge on any atom is -0.508 e. The first-order valence-corrected chi connectivity index (χ1v) is 5.84. The Hall–Kier alpha value is -1.73. The summed E-state index contributed by atoms with van der Waals surface area (Å²) < 4.78 is 0. The van der Waals surface area contributed by atoms with Crippen LogP contribution in [0.2, 0.25) is 0 Å². The summed E-state index contributed by atoms with van der Waals surface area (Å²) in [5.41, 5.74) is 7.40. The molecule has 0 saturated carbocycles. The molecule has 1 atom stereocenters. The summed E-state index contributed by atoms with van der Waals surface area (Å²) in [5.74, 6) is 0.164. The van der Waals surface area contributed by atoms with Gasteiger partial charge in [0.05, 0.1) is 12.5 Å². The summed E-state index contributed by atoms with van der Waals surface area (Å²) in [4.78, 5) is 2.14. The highest BCUT2D eigenvalue weighted by molar-refractivity contribution is 5.54. The Morgan fingerprint density at radius 3 is 2.53 bits per heavy atom. The van der Waals surface area contributed by atoms with Gasteiger partial charge in [-0.2, -0.15) is 5.26 Å². The standard InChI is InChI=1S/C13H19N3O/c1-3-16(4-2)10-5-6-11(13(17)9-10)12(15)7-8-14/h5-6,9,12,17H,3-4,7,15H2,1-2H3/t12-/m0/s1. The van der Waals surface area contributed by atoms with Gasteiger partial charge in [0.1, 0.15) is 5.75 Å². The molecule has 0 aromatic heterocycles. The monoisotopic (exact) mass is 233 g/mol. The number of benzene rings is 1. The fourth-order valence-corrected chi connectivity index (χ4v) is 1.84. The molecule has 0 unspecified atom stereocenters. The lowest BCUT2D eigenvalue weighted by Gasteiger charge is -2.22. The quantitative estimate of drug-likeness (QED) is 0.817. The van der Waals surface area contributed by atoms with Gasteiger partial charge in [-0.15, -0.1) is 0 Å². The number of nitrogens with zero attached hydrogens (tertiary/aromatic N) is 2. The molecule has 0 amide bonds. The summed E-state index contributed by atoms with van der Waals surface area (Å²) in [6.45, 7) is 5.91. The lowest BCUT2D eigenvalue weighted by Crippen LogP contribution is -2.21. The fourth-order valence-electron chi connectivity index (χ4n) is 1.84. The van der Waals surface area contributed by atoms with E-state index in [4.69, 9.17) is 11.0 Å². The summed E-state index contributed by atoms with van der Waals surface area (Å²) in [7, 11) is 0. The Bertz CT molecular complexity index is 408. The molecule has 0 aliphatic heterocycles. The molecule has 1 rings (SSSR count). The van der Waals surface area contributed by atoms with E-state index in [0.717, 1.165) is 18.8 Å². The molecule has 0 fully saturated rings. The molecular weight excluding hydrogens is 214 g/mol. The van der Waals surface area contributed by atoms with Gasteiger partial charge in [-0.1, -0.05) is 6.07 Å². The van der Waals surface area contributed by atoms with Gasteiger partial charge in [0, 0.05) is 36.4 Å². The maximum Gasteiger partial charge on any atom is 0.122 e. The number of rotatable bonds is 5. The molecule has 0 saturated heterocycles. The largest absolute Gasteiger partial charge is 0.508 e. The van der Waals surface area contributed by atoms with Crippen LogP contribution in [0.25, 0.3) is 0 Å². The predicted molar refractivity (Wildman–Crippen MR) is 68.8 cm³/mol. The average Bonchev–Trinajstić information content (AvgIpc) is 2.31. The minimum absolute atomic E-state index is 0.164. The van der Waals surface area contributed by atoms with Gasteiger partial charge in [-0.3, -0.25) is 0 Å². The normalized spacial score (nSPS) is 11.9. The zero-order chi connectivity index (χ0) is 12.8. The molecule has 1 aromatic carbocycles. The highest BCUT2D eigenvalue weighted by Gasteiger charge is 2.12. The molecule has 4 heteroatoms. The smallest absolute Gasteiger partial charge is 0.122 e. The first-order chi connectivity index (χ1) is 8.13. The number of hydrogen-bond donors (Lipinski definition) is 2.